The van der Waals surface area contributed by atoms with Crippen LogP contribution in [0.4, 0.5) is 5.13 Å². The molecule has 0 bridgehead atoms. The number of benzene rings is 1. The molecule has 2 aromatic rings. The summed E-state index contributed by atoms with van der Waals surface area (Å²) < 4.78 is 5.12. The van der Waals surface area contributed by atoms with E-state index < -0.39 is 0 Å². The molecular formula is C16H19ClN4O3S. The fourth-order valence-electron chi connectivity index (χ4n) is 1.92. The van der Waals surface area contributed by atoms with Crippen molar-refractivity contribution in [1.29, 1.82) is 0 Å². The molecule has 2 amide bonds. The van der Waals surface area contributed by atoms with Crippen molar-refractivity contribution in [3.63, 3.8) is 0 Å². The monoisotopic (exact) mass is 382 g/mol. The summed E-state index contributed by atoms with van der Waals surface area (Å²) in [4.78, 5) is 23.7. The van der Waals surface area contributed by atoms with Crippen molar-refractivity contribution in [1.82, 2.24) is 15.5 Å². The van der Waals surface area contributed by atoms with Gasteiger partial charge in [0.25, 0.3) is 5.91 Å². The maximum atomic E-state index is 12.0. The summed E-state index contributed by atoms with van der Waals surface area (Å²) >= 11 is 7.26. The van der Waals surface area contributed by atoms with Gasteiger partial charge < -0.3 is 15.4 Å². The van der Waals surface area contributed by atoms with Gasteiger partial charge in [0.15, 0.2) is 0 Å². The minimum absolute atomic E-state index is 0.164. The largest absolute Gasteiger partial charge is 0.381 e. The number of rotatable bonds is 9. The molecule has 0 saturated carbocycles. The van der Waals surface area contributed by atoms with Crippen molar-refractivity contribution in [2.75, 3.05) is 25.1 Å². The molecule has 2 N–H and O–H groups in total. The standard InChI is InChI=1S/C16H19ClN4O3S/c1-2-24-10-8-13(22)19-16-21-20-14(25-16)7-9-18-15(23)11-5-3-4-6-12(11)17/h3-6H,2,7-10H2,1H3,(H,18,23)(H,19,21,22). The van der Waals surface area contributed by atoms with E-state index in [1.54, 1.807) is 24.3 Å². The molecule has 0 radical (unpaired) electrons. The number of hydrogen-bond acceptors (Lipinski definition) is 6. The van der Waals surface area contributed by atoms with Gasteiger partial charge in [-0.2, -0.15) is 0 Å². The molecule has 0 unspecified atom stereocenters. The molecule has 25 heavy (non-hydrogen) atoms. The summed E-state index contributed by atoms with van der Waals surface area (Å²) in [5.41, 5.74) is 0.434. The lowest BCUT2D eigenvalue weighted by Gasteiger charge is -2.05. The van der Waals surface area contributed by atoms with E-state index in [-0.39, 0.29) is 18.2 Å². The highest BCUT2D eigenvalue weighted by Gasteiger charge is 2.11. The molecule has 0 aliphatic heterocycles. The smallest absolute Gasteiger partial charge is 0.252 e. The average Bonchev–Trinajstić information content (AvgIpc) is 3.02. The topological polar surface area (TPSA) is 93.2 Å². The van der Waals surface area contributed by atoms with E-state index in [4.69, 9.17) is 16.3 Å². The van der Waals surface area contributed by atoms with Crippen molar-refractivity contribution >= 4 is 39.9 Å². The van der Waals surface area contributed by atoms with Crippen molar-refractivity contribution in [2.45, 2.75) is 19.8 Å². The lowest BCUT2D eigenvalue weighted by molar-refractivity contribution is -0.117. The molecule has 0 saturated heterocycles. The Morgan fingerprint density at radius 2 is 2.08 bits per heavy atom. The van der Waals surface area contributed by atoms with Crippen LogP contribution in [0.1, 0.15) is 28.7 Å². The van der Waals surface area contributed by atoms with E-state index in [0.29, 0.717) is 41.9 Å². The average molecular weight is 383 g/mol. The van der Waals surface area contributed by atoms with Crippen LogP contribution in [0.2, 0.25) is 5.02 Å². The number of amides is 2. The maximum Gasteiger partial charge on any atom is 0.252 e. The fraction of sp³-hybridized carbons (Fsp3) is 0.375. The number of halogens is 1. The van der Waals surface area contributed by atoms with E-state index in [1.807, 2.05) is 6.92 Å². The van der Waals surface area contributed by atoms with E-state index in [1.165, 1.54) is 11.3 Å². The van der Waals surface area contributed by atoms with Gasteiger partial charge in [-0.05, 0) is 19.1 Å². The van der Waals surface area contributed by atoms with Crippen LogP contribution in [0, 0.1) is 0 Å². The molecule has 9 heteroatoms. The van der Waals surface area contributed by atoms with Crippen LogP contribution < -0.4 is 10.6 Å². The number of aromatic nitrogens is 2. The van der Waals surface area contributed by atoms with Crippen molar-refractivity contribution < 1.29 is 14.3 Å². The first-order valence-corrected chi connectivity index (χ1v) is 9.02. The highest BCUT2D eigenvalue weighted by atomic mass is 35.5. The maximum absolute atomic E-state index is 12.0. The van der Waals surface area contributed by atoms with E-state index in [9.17, 15) is 9.59 Å². The van der Waals surface area contributed by atoms with Gasteiger partial charge in [-0.1, -0.05) is 35.1 Å². The zero-order valence-corrected chi connectivity index (χ0v) is 15.3. The van der Waals surface area contributed by atoms with Gasteiger partial charge in [-0.25, -0.2) is 0 Å². The highest BCUT2D eigenvalue weighted by molar-refractivity contribution is 7.15. The summed E-state index contributed by atoms with van der Waals surface area (Å²) in [6.45, 7) is 3.23. The van der Waals surface area contributed by atoms with Gasteiger partial charge in [-0.15, -0.1) is 10.2 Å². The minimum atomic E-state index is -0.237. The SMILES string of the molecule is CCOCCC(=O)Nc1nnc(CCNC(=O)c2ccccc2Cl)s1. The van der Waals surface area contributed by atoms with Gasteiger partial charge in [-0.3, -0.25) is 9.59 Å². The number of ether oxygens (including phenoxy) is 1. The zero-order chi connectivity index (χ0) is 18.1. The molecule has 0 aliphatic rings. The van der Waals surface area contributed by atoms with Gasteiger partial charge in [0.05, 0.1) is 23.6 Å². The van der Waals surface area contributed by atoms with E-state index >= 15 is 0 Å². The number of nitrogens with one attached hydrogen (secondary N) is 2. The van der Waals surface area contributed by atoms with Crippen LogP contribution in [0.3, 0.4) is 0 Å². The molecular weight excluding hydrogens is 364 g/mol. The second kappa shape index (κ2) is 10.1. The molecule has 1 aromatic carbocycles. The van der Waals surface area contributed by atoms with Crippen LogP contribution in [-0.4, -0.2) is 41.8 Å². The molecule has 0 aliphatic carbocycles. The molecule has 7 nitrogen and oxygen atoms in total. The summed E-state index contributed by atoms with van der Waals surface area (Å²) in [7, 11) is 0. The minimum Gasteiger partial charge on any atom is -0.381 e. The lowest BCUT2D eigenvalue weighted by atomic mass is 10.2. The lowest BCUT2D eigenvalue weighted by Crippen LogP contribution is -2.25. The summed E-state index contributed by atoms with van der Waals surface area (Å²) in [5, 5.41) is 14.9. The third kappa shape index (κ3) is 6.41. The first kappa shape index (κ1) is 19.3. The van der Waals surface area contributed by atoms with Gasteiger partial charge in [0, 0.05) is 19.6 Å². The Labute approximate surface area is 154 Å². The Bertz CT molecular complexity index is 723. The molecule has 1 heterocycles. The van der Waals surface area contributed by atoms with Crippen LogP contribution >= 0.6 is 22.9 Å². The van der Waals surface area contributed by atoms with E-state index in [0.717, 1.165) is 5.01 Å². The van der Waals surface area contributed by atoms with Crippen molar-refractivity contribution in [3.05, 3.63) is 39.9 Å². The normalized spacial score (nSPS) is 10.5. The van der Waals surface area contributed by atoms with Crippen LogP contribution in [0.25, 0.3) is 0 Å². The fourth-order valence-corrected chi connectivity index (χ4v) is 2.90. The van der Waals surface area contributed by atoms with Gasteiger partial charge >= 0.3 is 0 Å². The summed E-state index contributed by atoms with van der Waals surface area (Å²) in [6, 6.07) is 6.86. The van der Waals surface area contributed by atoms with Gasteiger partial charge in [0.1, 0.15) is 5.01 Å². The Balaban J connectivity index is 1.75. The predicted molar refractivity (Wildman–Crippen MR) is 97.1 cm³/mol. The quantitative estimate of drug-likeness (QED) is 0.650. The predicted octanol–water partition coefficient (Wildman–Crippen LogP) is 2.53. The molecule has 0 spiro atoms. The van der Waals surface area contributed by atoms with Crippen LogP contribution in [0.15, 0.2) is 24.3 Å². The van der Waals surface area contributed by atoms with Crippen molar-refractivity contribution in [2.24, 2.45) is 0 Å². The molecule has 0 fully saturated rings. The zero-order valence-electron chi connectivity index (χ0n) is 13.8. The number of nitrogens with zero attached hydrogens (tertiary/aromatic N) is 2. The molecule has 0 atom stereocenters. The highest BCUT2D eigenvalue weighted by Crippen LogP contribution is 2.16. The third-order valence-electron chi connectivity index (χ3n) is 3.13. The van der Waals surface area contributed by atoms with Crippen molar-refractivity contribution in [3.8, 4) is 0 Å². The third-order valence-corrected chi connectivity index (χ3v) is 4.36. The number of carbonyl (C=O) groups is 2. The summed E-state index contributed by atoms with van der Waals surface area (Å²) in [5.74, 6) is -0.400. The second-order valence-corrected chi connectivity index (χ2v) is 6.45. The van der Waals surface area contributed by atoms with E-state index in [2.05, 4.69) is 20.8 Å². The Morgan fingerprint density at radius 3 is 2.84 bits per heavy atom. The molecule has 2 rings (SSSR count). The second-order valence-electron chi connectivity index (χ2n) is 4.98. The van der Waals surface area contributed by atoms with Crippen LogP contribution in [0.5, 0.6) is 0 Å². The first-order valence-electron chi connectivity index (χ1n) is 7.83. The Hall–Kier alpha value is -2.03. The number of hydrogen-bond donors (Lipinski definition) is 2. The Morgan fingerprint density at radius 1 is 1.28 bits per heavy atom. The first-order chi connectivity index (χ1) is 12.1. The number of anilines is 1. The molecule has 1 aromatic heterocycles. The van der Waals surface area contributed by atoms with Crippen LogP contribution in [-0.2, 0) is 16.0 Å². The summed E-state index contributed by atoms with van der Waals surface area (Å²) in [6.07, 6.45) is 0.791. The number of carbonyl (C=O) groups excluding carboxylic acids is 2. The van der Waals surface area contributed by atoms with Gasteiger partial charge in [0.2, 0.25) is 11.0 Å². The Kier molecular flexibility index (Phi) is 7.77. The molecule has 134 valence electrons.